The molecule has 0 aliphatic heterocycles. The van der Waals surface area contributed by atoms with Crippen molar-refractivity contribution in [3.05, 3.63) is 57.5 Å². The van der Waals surface area contributed by atoms with Gasteiger partial charge in [-0.15, -0.1) is 11.6 Å². The van der Waals surface area contributed by atoms with E-state index in [0.717, 1.165) is 15.7 Å². The average Bonchev–Trinajstić information content (AvgIpc) is 2.77. The minimum Gasteiger partial charge on any atom is -0.295 e. The zero-order chi connectivity index (χ0) is 14.3. The molecule has 0 radical (unpaired) electrons. The van der Waals surface area contributed by atoms with Crippen LogP contribution in [0.3, 0.4) is 0 Å². The lowest BCUT2D eigenvalue weighted by molar-refractivity contribution is 0.630. The van der Waals surface area contributed by atoms with Crippen LogP contribution in [0.15, 0.2) is 40.9 Å². The van der Waals surface area contributed by atoms with Crippen LogP contribution < -0.4 is 0 Å². The third-order valence-corrected chi connectivity index (χ3v) is 3.97. The van der Waals surface area contributed by atoms with Crippen LogP contribution >= 0.6 is 39.1 Å². The maximum Gasteiger partial charge on any atom is 0.144 e. The number of aromatic nitrogens is 2. The SMILES string of the molecule is Fc1cc2nc(CCl)n(-c3cccc(Br)c3)c2cc1Cl. The summed E-state index contributed by atoms with van der Waals surface area (Å²) >= 11 is 15.3. The van der Waals surface area contributed by atoms with E-state index in [1.54, 1.807) is 6.07 Å². The summed E-state index contributed by atoms with van der Waals surface area (Å²) in [7, 11) is 0. The summed E-state index contributed by atoms with van der Waals surface area (Å²) in [5.41, 5.74) is 2.15. The first-order valence-electron chi connectivity index (χ1n) is 5.78. The molecule has 0 saturated heterocycles. The first-order valence-corrected chi connectivity index (χ1v) is 7.49. The minimum absolute atomic E-state index is 0.0646. The molecule has 0 atom stereocenters. The van der Waals surface area contributed by atoms with Crippen molar-refractivity contribution in [1.29, 1.82) is 0 Å². The minimum atomic E-state index is -0.487. The number of nitrogens with zero attached hydrogens (tertiary/aromatic N) is 2. The van der Waals surface area contributed by atoms with Crippen molar-refractivity contribution in [3.8, 4) is 5.69 Å². The first kappa shape index (κ1) is 13.9. The highest BCUT2D eigenvalue weighted by Gasteiger charge is 2.14. The fraction of sp³-hybridized carbons (Fsp3) is 0.0714. The molecule has 0 fully saturated rings. The van der Waals surface area contributed by atoms with E-state index >= 15 is 0 Å². The number of fused-ring (bicyclic) bond motifs is 1. The number of hydrogen-bond donors (Lipinski definition) is 0. The number of rotatable bonds is 2. The topological polar surface area (TPSA) is 17.8 Å². The van der Waals surface area contributed by atoms with Gasteiger partial charge in [0.2, 0.25) is 0 Å². The average molecular weight is 374 g/mol. The van der Waals surface area contributed by atoms with Gasteiger partial charge < -0.3 is 0 Å². The van der Waals surface area contributed by atoms with Crippen LogP contribution in [0.4, 0.5) is 4.39 Å². The lowest BCUT2D eigenvalue weighted by Gasteiger charge is -2.08. The standard InChI is InChI=1S/C14H8BrCl2FN2/c15-8-2-1-3-9(4-8)20-13-5-10(17)11(18)6-12(13)19-14(20)7-16/h1-6H,7H2. The molecule has 0 amide bonds. The van der Waals surface area contributed by atoms with Crippen LogP contribution in [0.1, 0.15) is 5.82 Å². The van der Waals surface area contributed by atoms with Gasteiger partial charge in [-0.2, -0.15) is 0 Å². The molecule has 0 aliphatic carbocycles. The first-order chi connectivity index (χ1) is 9.60. The lowest BCUT2D eigenvalue weighted by atomic mass is 10.2. The maximum atomic E-state index is 13.5. The molecule has 2 nitrogen and oxygen atoms in total. The van der Waals surface area contributed by atoms with Gasteiger partial charge in [-0.3, -0.25) is 4.57 Å². The molecule has 0 N–H and O–H groups in total. The highest BCUT2D eigenvalue weighted by atomic mass is 79.9. The molecule has 3 rings (SSSR count). The van der Waals surface area contributed by atoms with Crippen LogP contribution in [0.25, 0.3) is 16.7 Å². The van der Waals surface area contributed by atoms with Crippen molar-refractivity contribution in [1.82, 2.24) is 9.55 Å². The van der Waals surface area contributed by atoms with Crippen molar-refractivity contribution >= 4 is 50.2 Å². The fourth-order valence-electron chi connectivity index (χ4n) is 2.12. The van der Waals surface area contributed by atoms with E-state index in [1.165, 1.54) is 6.07 Å². The van der Waals surface area contributed by atoms with E-state index < -0.39 is 5.82 Å². The van der Waals surface area contributed by atoms with Crippen molar-refractivity contribution in [3.63, 3.8) is 0 Å². The van der Waals surface area contributed by atoms with Gasteiger partial charge >= 0.3 is 0 Å². The van der Waals surface area contributed by atoms with Gasteiger partial charge in [0.25, 0.3) is 0 Å². The molecule has 0 bridgehead atoms. The summed E-state index contributed by atoms with van der Waals surface area (Å²) in [6.07, 6.45) is 0. The molecule has 20 heavy (non-hydrogen) atoms. The number of hydrogen-bond acceptors (Lipinski definition) is 1. The molecule has 102 valence electrons. The van der Waals surface area contributed by atoms with E-state index in [0.29, 0.717) is 11.3 Å². The molecule has 1 aromatic heterocycles. The predicted octanol–water partition coefficient (Wildman–Crippen LogP) is 5.32. The van der Waals surface area contributed by atoms with Crippen LogP contribution in [-0.2, 0) is 5.88 Å². The Morgan fingerprint density at radius 2 is 2.05 bits per heavy atom. The summed E-state index contributed by atoms with van der Waals surface area (Å²) in [4.78, 5) is 4.36. The number of benzene rings is 2. The largest absolute Gasteiger partial charge is 0.295 e. The quantitative estimate of drug-likeness (QED) is 0.556. The summed E-state index contributed by atoms with van der Waals surface area (Å²) in [6.45, 7) is 0. The molecule has 0 saturated carbocycles. The monoisotopic (exact) mass is 372 g/mol. The van der Waals surface area contributed by atoms with Gasteiger partial charge in [-0.25, -0.2) is 9.37 Å². The van der Waals surface area contributed by atoms with Crippen molar-refractivity contribution in [2.75, 3.05) is 0 Å². The smallest absolute Gasteiger partial charge is 0.144 e. The molecule has 3 aromatic rings. The Balaban J connectivity index is 2.35. The summed E-state index contributed by atoms with van der Waals surface area (Å²) in [6, 6.07) is 10.6. The van der Waals surface area contributed by atoms with Gasteiger partial charge in [0.05, 0.1) is 21.9 Å². The second kappa shape index (κ2) is 5.35. The summed E-state index contributed by atoms with van der Waals surface area (Å²) in [5, 5.41) is 0.0646. The third-order valence-electron chi connectivity index (χ3n) is 2.95. The highest BCUT2D eigenvalue weighted by Crippen LogP contribution is 2.28. The van der Waals surface area contributed by atoms with Crippen molar-refractivity contribution in [2.24, 2.45) is 0 Å². The zero-order valence-corrected chi connectivity index (χ0v) is 13.2. The van der Waals surface area contributed by atoms with E-state index in [4.69, 9.17) is 23.2 Å². The molecule has 1 heterocycles. The normalized spacial score (nSPS) is 11.2. The lowest BCUT2D eigenvalue weighted by Crippen LogP contribution is -1.99. The molecule has 6 heteroatoms. The second-order valence-corrected chi connectivity index (χ2v) is 5.82. The van der Waals surface area contributed by atoms with Crippen molar-refractivity contribution < 1.29 is 4.39 Å². The summed E-state index contributed by atoms with van der Waals surface area (Å²) in [5.74, 6) is 0.376. The molecule has 2 aromatic carbocycles. The summed E-state index contributed by atoms with van der Waals surface area (Å²) < 4.78 is 16.3. The van der Waals surface area contributed by atoms with Crippen LogP contribution in [0.5, 0.6) is 0 Å². The zero-order valence-electron chi connectivity index (χ0n) is 10.1. The fourth-order valence-corrected chi connectivity index (χ4v) is 2.84. The van der Waals surface area contributed by atoms with Gasteiger partial charge in [-0.1, -0.05) is 33.6 Å². The van der Waals surface area contributed by atoms with E-state index in [2.05, 4.69) is 20.9 Å². The van der Waals surface area contributed by atoms with E-state index in [9.17, 15) is 4.39 Å². The predicted molar refractivity (Wildman–Crippen MR) is 83.3 cm³/mol. The Kier molecular flexibility index (Phi) is 3.71. The number of imidazole rings is 1. The molecule has 0 aliphatic rings. The second-order valence-electron chi connectivity index (χ2n) is 4.23. The van der Waals surface area contributed by atoms with Crippen LogP contribution in [0.2, 0.25) is 5.02 Å². The van der Waals surface area contributed by atoms with Gasteiger partial charge in [-0.05, 0) is 24.3 Å². The van der Waals surface area contributed by atoms with E-state index in [-0.39, 0.29) is 10.9 Å². The van der Waals surface area contributed by atoms with E-state index in [1.807, 2.05) is 28.8 Å². The number of halogens is 4. The molecule has 0 unspecified atom stereocenters. The Bertz CT molecular complexity index is 801. The van der Waals surface area contributed by atoms with Gasteiger partial charge in [0.15, 0.2) is 0 Å². The Hall–Kier alpha value is -1.10. The van der Waals surface area contributed by atoms with Gasteiger partial charge in [0, 0.05) is 16.2 Å². The Morgan fingerprint density at radius 1 is 1.25 bits per heavy atom. The van der Waals surface area contributed by atoms with Crippen molar-refractivity contribution in [2.45, 2.75) is 5.88 Å². The maximum absolute atomic E-state index is 13.5. The molecular weight excluding hydrogens is 366 g/mol. The molecular formula is C14H8BrCl2FN2. The number of alkyl halides is 1. The Morgan fingerprint density at radius 3 is 2.75 bits per heavy atom. The highest BCUT2D eigenvalue weighted by molar-refractivity contribution is 9.10. The third kappa shape index (κ3) is 2.32. The molecule has 0 spiro atoms. The van der Waals surface area contributed by atoms with Crippen LogP contribution in [0, 0.1) is 5.82 Å². The van der Waals surface area contributed by atoms with Gasteiger partial charge in [0.1, 0.15) is 11.6 Å². The van der Waals surface area contributed by atoms with Crippen LogP contribution in [-0.4, -0.2) is 9.55 Å². The Labute approximate surface area is 133 Å².